The number of sulfonamides is 1. The van der Waals surface area contributed by atoms with Crippen molar-refractivity contribution in [1.82, 2.24) is 9.62 Å². The van der Waals surface area contributed by atoms with Gasteiger partial charge in [0.15, 0.2) is 0 Å². The second-order valence-electron chi connectivity index (χ2n) is 7.27. The summed E-state index contributed by atoms with van der Waals surface area (Å²) in [5, 5.41) is 0.564. The number of benzene rings is 1. The summed E-state index contributed by atoms with van der Waals surface area (Å²) in [6, 6.07) is 6.40. The number of likely N-dealkylation sites (tertiary alicyclic amines) is 1. The van der Waals surface area contributed by atoms with Crippen molar-refractivity contribution in [1.29, 1.82) is 0 Å². The molecule has 1 aliphatic rings. The topological polar surface area (TPSA) is 75.7 Å². The molecule has 0 spiro atoms. The van der Waals surface area contributed by atoms with Crippen molar-refractivity contribution < 1.29 is 17.9 Å². The van der Waals surface area contributed by atoms with Crippen LogP contribution in [0.4, 0.5) is 4.79 Å². The lowest BCUT2D eigenvalue weighted by molar-refractivity contribution is 0.0195. The molecule has 1 fully saturated rings. The molecule has 1 saturated heterocycles. The van der Waals surface area contributed by atoms with E-state index in [-0.39, 0.29) is 11.8 Å². The minimum absolute atomic E-state index is 0.118. The molecule has 25 heavy (non-hydrogen) atoms. The van der Waals surface area contributed by atoms with E-state index in [4.69, 9.17) is 16.3 Å². The van der Waals surface area contributed by atoms with Crippen molar-refractivity contribution in [3.05, 3.63) is 34.9 Å². The zero-order chi connectivity index (χ0) is 18.7. The molecule has 1 aromatic rings. The van der Waals surface area contributed by atoms with Gasteiger partial charge in [-0.25, -0.2) is 17.9 Å². The highest BCUT2D eigenvalue weighted by atomic mass is 35.5. The minimum Gasteiger partial charge on any atom is -0.444 e. The van der Waals surface area contributed by atoms with Crippen LogP contribution in [0.5, 0.6) is 0 Å². The van der Waals surface area contributed by atoms with Gasteiger partial charge in [-0.2, -0.15) is 0 Å². The van der Waals surface area contributed by atoms with E-state index in [0.717, 1.165) is 6.42 Å². The van der Waals surface area contributed by atoms with Crippen molar-refractivity contribution in [3.63, 3.8) is 0 Å². The van der Waals surface area contributed by atoms with Crippen LogP contribution in [-0.2, 0) is 20.5 Å². The number of ether oxygens (including phenoxy) is 1. The highest BCUT2D eigenvalue weighted by Crippen LogP contribution is 2.17. The van der Waals surface area contributed by atoms with Gasteiger partial charge >= 0.3 is 6.09 Å². The summed E-state index contributed by atoms with van der Waals surface area (Å²) >= 11 is 5.82. The third kappa shape index (κ3) is 6.84. The second-order valence-corrected chi connectivity index (χ2v) is 9.46. The third-order valence-electron chi connectivity index (χ3n) is 3.69. The first kappa shape index (κ1) is 20.0. The Morgan fingerprint density at radius 2 is 1.96 bits per heavy atom. The van der Waals surface area contributed by atoms with Crippen molar-refractivity contribution in [3.8, 4) is 0 Å². The standard InChI is InChI=1S/C17H25ClN2O4S/c1-17(2,3)24-16(21)20-10-4-5-15(11-20)19-25(22,23)12-13-6-8-14(18)9-7-13/h6-9,15,19H,4-5,10-12H2,1-3H3. The van der Waals surface area contributed by atoms with Crippen LogP contribution in [-0.4, -0.2) is 44.1 Å². The number of piperidine rings is 1. The first-order valence-corrected chi connectivity index (χ1v) is 10.3. The number of carbonyl (C=O) groups excluding carboxylic acids is 1. The molecule has 8 heteroatoms. The number of nitrogens with zero attached hydrogens (tertiary/aromatic N) is 1. The molecule has 0 radical (unpaired) electrons. The first-order valence-electron chi connectivity index (χ1n) is 8.26. The van der Waals surface area contributed by atoms with Crippen molar-refractivity contribution in [2.24, 2.45) is 0 Å². The number of hydrogen-bond donors (Lipinski definition) is 1. The lowest BCUT2D eigenvalue weighted by Gasteiger charge is -2.34. The zero-order valence-corrected chi connectivity index (χ0v) is 16.4. The molecule has 0 aromatic heterocycles. The minimum atomic E-state index is -3.50. The van der Waals surface area contributed by atoms with Gasteiger partial charge in [-0.1, -0.05) is 23.7 Å². The number of hydrogen-bond acceptors (Lipinski definition) is 4. The smallest absolute Gasteiger partial charge is 0.410 e. The maximum absolute atomic E-state index is 12.4. The highest BCUT2D eigenvalue weighted by Gasteiger charge is 2.29. The Hall–Kier alpha value is -1.31. The van der Waals surface area contributed by atoms with Crippen LogP contribution in [0, 0.1) is 0 Å². The monoisotopic (exact) mass is 388 g/mol. The summed E-state index contributed by atoms with van der Waals surface area (Å²) in [6.07, 6.45) is 1.01. The van der Waals surface area contributed by atoms with E-state index in [0.29, 0.717) is 30.1 Å². The quantitative estimate of drug-likeness (QED) is 0.859. The van der Waals surface area contributed by atoms with Crippen molar-refractivity contribution in [2.45, 2.75) is 51.0 Å². The summed E-state index contributed by atoms with van der Waals surface area (Å²) < 4.78 is 32.8. The highest BCUT2D eigenvalue weighted by molar-refractivity contribution is 7.88. The fourth-order valence-corrected chi connectivity index (χ4v) is 4.20. The Labute approximate surface area is 154 Å². The summed E-state index contributed by atoms with van der Waals surface area (Å²) in [4.78, 5) is 13.7. The second kappa shape index (κ2) is 7.93. The van der Waals surface area contributed by atoms with E-state index < -0.39 is 21.7 Å². The van der Waals surface area contributed by atoms with E-state index in [2.05, 4.69) is 4.72 Å². The molecule has 0 saturated carbocycles. The normalized spacial score (nSPS) is 18.9. The zero-order valence-electron chi connectivity index (χ0n) is 14.8. The van der Waals surface area contributed by atoms with Gasteiger partial charge in [-0.3, -0.25) is 0 Å². The van der Waals surface area contributed by atoms with Gasteiger partial charge in [0.25, 0.3) is 0 Å². The largest absolute Gasteiger partial charge is 0.444 e. The molecule has 1 unspecified atom stereocenters. The van der Waals surface area contributed by atoms with E-state index in [1.807, 2.05) is 0 Å². The first-order chi connectivity index (χ1) is 11.5. The van der Waals surface area contributed by atoms with Crippen LogP contribution in [0.1, 0.15) is 39.2 Å². The van der Waals surface area contributed by atoms with E-state index in [1.165, 1.54) is 0 Å². The summed E-state index contributed by atoms with van der Waals surface area (Å²) in [5.74, 6) is -0.118. The predicted octanol–water partition coefficient (Wildman–Crippen LogP) is 3.16. The van der Waals surface area contributed by atoms with Crippen LogP contribution in [0.2, 0.25) is 5.02 Å². The van der Waals surface area contributed by atoms with E-state index in [9.17, 15) is 13.2 Å². The van der Waals surface area contributed by atoms with Crippen molar-refractivity contribution in [2.75, 3.05) is 13.1 Å². The fraction of sp³-hybridized carbons (Fsp3) is 0.588. The van der Waals surface area contributed by atoms with Crippen LogP contribution < -0.4 is 4.72 Å². The Kier molecular flexibility index (Phi) is 6.35. The molecule has 1 heterocycles. The molecular weight excluding hydrogens is 364 g/mol. The number of amides is 1. The molecule has 1 amide bonds. The Morgan fingerprint density at radius 1 is 1.32 bits per heavy atom. The van der Waals surface area contributed by atoms with Crippen molar-refractivity contribution >= 4 is 27.7 Å². The third-order valence-corrected chi connectivity index (χ3v) is 5.35. The average molecular weight is 389 g/mol. The Morgan fingerprint density at radius 3 is 2.56 bits per heavy atom. The van der Waals surface area contributed by atoms with Crippen LogP contribution in [0.3, 0.4) is 0 Å². The molecule has 2 rings (SSSR count). The molecule has 1 atom stereocenters. The van der Waals surface area contributed by atoms with Gasteiger partial charge < -0.3 is 9.64 Å². The summed E-state index contributed by atoms with van der Waals surface area (Å²) in [7, 11) is -3.50. The van der Waals surface area contributed by atoms with E-state index >= 15 is 0 Å². The Bertz CT molecular complexity index is 698. The molecule has 0 bridgehead atoms. The fourth-order valence-electron chi connectivity index (χ4n) is 2.66. The average Bonchev–Trinajstić information content (AvgIpc) is 2.47. The maximum Gasteiger partial charge on any atom is 0.410 e. The van der Waals surface area contributed by atoms with Crippen LogP contribution in [0.15, 0.2) is 24.3 Å². The number of carbonyl (C=O) groups is 1. The van der Waals surface area contributed by atoms with Gasteiger partial charge in [0.1, 0.15) is 5.60 Å². The van der Waals surface area contributed by atoms with Crippen LogP contribution >= 0.6 is 11.6 Å². The predicted molar refractivity (Wildman–Crippen MR) is 98.0 cm³/mol. The number of halogens is 1. The molecule has 140 valence electrons. The summed E-state index contributed by atoms with van der Waals surface area (Å²) in [6.45, 7) is 6.31. The van der Waals surface area contributed by atoms with E-state index in [1.54, 1.807) is 49.9 Å². The molecule has 1 aromatic carbocycles. The molecular formula is C17H25ClN2O4S. The number of rotatable bonds is 4. The molecule has 0 aliphatic carbocycles. The molecule has 1 N–H and O–H groups in total. The molecule has 1 aliphatic heterocycles. The molecule has 6 nitrogen and oxygen atoms in total. The van der Waals surface area contributed by atoms with Gasteiger partial charge in [0.05, 0.1) is 5.75 Å². The summed E-state index contributed by atoms with van der Waals surface area (Å²) in [5.41, 5.74) is 0.0923. The number of nitrogens with one attached hydrogen (secondary N) is 1. The Balaban J connectivity index is 1.94. The lowest BCUT2D eigenvalue weighted by Crippen LogP contribution is -2.50. The maximum atomic E-state index is 12.4. The van der Waals surface area contributed by atoms with Gasteiger partial charge in [-0.15, -0.1) is 0 Å². The lowest BCUT2D eigenvalue weighted by atomic mass is 10.1. The van der Waals surface area contributed by atoms with Gasteiger partial charge in [0, 0.05) is 24.2 Å². The SMILES string of the molecule is CC(C)(C)OC(=O)N1CCCC(NS(=O)(=O)Cc2ccc(Cl)cc2)C1. The van der Waals surface area contributed by atoms with Crippen LogP contribution in [0.25, 0.3) is 0 Å². The van der Waals surface area contributed by atoms with Gasteiger partial charge in [0.2, 0.25) is 10.0 Å². The van der Waals surface area contributed by atoms with Gasteiger partial charge in [-0.05, 0) is 51.3 Å².